The van der Waals surface area contributed by atoms with Crippen molar-refractivity contribution in [2.45, 2.75) is 6.42 Å². The lowest BCUT2D eigenvalue weighted by molar-refractivity contribution is -0.120. The molecule has 0 saturated heterocycles. The Morgan fingerprint density at radius 3 is 2.56 bits per heavy atom. The number of halogens is 2. The summed E-state index contributed by atoms with van der Waals surface area (Å²) in [6.07, 6.45) is -0.107. The van der Waals surface area contributed by atoms with Gasteiger partial charge in [-0.1, -0.05) is 29.8 Å². The molecule has 2 aromatic rings. The molecular weight excluding hydrogens is 347 g/mol. The molecule has 25 heavy (non-hydrogen) atoms. The van der Waals surface area contributed by atoms with Crippen LogP contribution in [0.5, 0.6) is 0 Å². The predicted molar refractivity (Wildman–Crippen MR) is 89.9 cm³/mol. The second kappa shape index (κ2) is 7.03. The molecule has 0 spiro atoms. The number of rotatable bonds is 5. The molecule has 0 aromatic heterocycles. The van der Waals surface area contributed by atoms with Crippen LogP contribution >= 0.6 is 11.6 Å². The van der Waals surface area contributed by atoms with Gasteiger partial charge in [-0.15, -0.1) is 0 Å². The maximum absolute atomic E-state index is 13.5. The third-order valence-corrected chi connectivity index (χ3v) is 4.13. The average Bonchev–Trinajstić information content (AvgIpc) is 2.81. The number of fused-ring (bicyclic) bond motifs is 1. The lowest BCUT2D eigenvalue weighted by Crippen LogP contribution is -2.38. The zero-order chi connectivity index (χ0) is 18.0. The van der Waals surface area contributed by atoms with Gasteiger partial charge < -0.3 is 5.32 Å². The van der Waals surface area contributed by atoms with Gasteiger partial charge >= 0.3 is 0 Å². The predicted octanol–water partition coefficient (Wildman–Crippen LogP) is 2.43. The molecule has 1 aliphatic rings. The maximum atomic E-state index is 13.5. The van der Waals surface area contributed by atoms with Gasteiger partial charge in [-0.2, -0.15) is 0 Å². The molecule has 0 fully saturated rings. The third-order valence-electron chi connectivity index (χ3n) is 3.90. The Morgan fingerprint density at radius 1 is 1.08 bits per heavy atom. The second-order valence-corrected chi connectivity index (χ2v) is 6.01. The van der Waals surface area contributed by atoms with Crippen LogP contribution in [0.25, 0.3) is 0 Å². The minimum Gasteiger partial charge on any atom is -0.354 e. The van der Waals surface area contributed by atoms with Crippen molar-refractivity contribution in [2.75, 3.05) is 13.1 Å². The molecule has 1 N–H and O–H groups in total. The molecule has 0 bridgehead atoms. The molecule has 0 atom stereocenters. The third kappa shape index (κ3) is 3.53. The highest BCUT2D eigenvalue weighted by Crippen LogP contribution is 2.25. The monoisotopic (exact) mass is 360 g/mol. The Hall–Kier alpha value is -2.73. The van der Waals surface area contributed by atoms with Crippen LogP contribution in [0.1, 0.15) is 26.3 Å². The standard InChI is InChI=1S/C18H14ClFN2O3/c19-12-5-6-13-14(10-12)18(25)22(17(13)24)8-7-21-16(23)9-11-3-1-2-4-15(11)20/h1-6,10H,7-9H2,(H,21,23). The summed E-state index contributed by atoms with van der Waals surface area (Å²) in [5.41, 5.74) is 0.845. The number of nitrogens with one attached hydrogen (secondary N) is 1. The number of amides is 3. The fourth-order valence-electron chi connectivity index (χ4n) is 2.65. The van der Waals surface area contributed by atoms with Gasteiger partial charge in [-0.3, -0.25) is 19.3 Å². The van der Waals surface area contributed by atoms with Crippen LogP contribution in [0.2, 0.25) is 5.02 Å². The van der Waals surface area contributed by atoms with Crippen molar-refractivity contribution in [3.05, 3.63) is 70.0 Å². The van der Waals surface area contributed by atoms with Crippen molar-refractivity contribution in [1.82, 2.24) is 10.2 Å². The molecule has 5 nitrogen and oxygen atoms in total. The number of benzene rings is 2. The van der Waals surface area contributed by atoms with Gasteiger partial charge in [0.1, 0.15) is 5.82 Å². The molecule has 128 valence electrons. The van der Waals surface area contributed by atoms with Crippen LogP contribution in [-0.4, -0.2) is 35.7 Å². The highest BCUT2D eigenvalue weighted by Gasteiger charge is 2.35. The molecule has 0 unspecified atom stereocenters. The van der Waals surface area contributed by atoms with Gasteiger partial charge in [0.15, 0.2) is 0 Å². The van der Waals surface area contributed by atoms with Crippen LogP contribution in [-0.2, 0) is 11.2 Å². The fourth-order valence-corrected chi connectivity index (χ4v) is 2.82. The Morgan fingerprint density at radius 2 is 1.80 bits per heavy atom. The zero-order valence-electron chi connectivity index (χ0n) is 13.1. The fraction of sp³-hybridized carbons (Fsp3) is 0.167. The minimum atomic E-state index is -0.449. The Labute approximate surface area is 148 Å². The van der Waals surface area contributed by atoms with Crippen LogP contribution in [0.15, 0.2) is 42.5 Å². The van der Waals surface area contributed by atoms with Crippen LogP contribution in [0.3, 0.4) is 0 Å². The first-order valence-corrected chi connectivity index (χ1v) is 8.01. The van der Waals surface area contributed by atoms with Crippen molar-refractivity contribution in [2.24, 2.45) is 0 Å². The van der Waals surface area contributed by atoms with E-state index in [0.29, 0.717) is 10.6 Å². The van der Waals surface area contributed by atoms with Crippen LogP contribution in [0.4, 0.5) is 4.39 Å². The zero-order valence-corrected chi connectivity index (χ0v) is 13.8. The summed E-state index contributed by atoms with van der Waals surface area (Å²) in [5, 5.41) is 2.96. The molecule has 1 aliphatic heterocycles. The summed E-state index contributed by atoms with van der Waals surface area (Å²) in [7, 11) is 0. The first kappa shape index (κ1) is 17.1. The highest BCUT2D eigenvalue weighted by molar-refractivity contribution is 6.32. The van der Waals surface area contributed by atoms with Gasteiger partial charge in [-0.05, 0) is 29.8 Å². The number of carbonyl (C=O) groups is 3. The van der Waals surface area contributed by atoms with Crippen molar-refractivity contribution < 1.29 is 18.8 Å². The Balaban J connectivity index is 1.56. The number of hydrogen-bond donors (Lipinski definition) is 1. The molecule has 0 saturated carbocycles. The van der Waals surface area contributed by atoms with Gasteiger partial charge in [0.2, 0.25) is 5.91 Å². The molecule has 3 rings (SSSR count). The lowest BCUT2D eigenvalue weighted by Gasteiger charge is -2.14. The maximum Gasteiger partial charge on any atom is 0.261 e. The summed E-state index contributed by atoms with van der Waals surface area (Å²) >= 11 is 5.85. The summed E-state index contributed by atoms with van der Waals surface area (Å²) in [6, 6.07) is 10.5. The van der Waals surface area contributed by atoms with E-state index in [-0.39, 0.29) is 36.5 Å². The summed E-state index contributed by atoms with van der Waals surface area (Å²) in [5.74, 6) is -1.69. The summed E-state index contributed by atoms with van der Waals surface area (Å²) < 4.78 is 13.5. The molecule has 0 radical (unpaired) electrons. The molecule has 0 aliphatic carbocycles. The summed E-state index contributed by atoms with van der Waals surface area (Å²) in [6.45, 7) is 0.124. The quantitative estimate of drug-likeness (QED) is 0.833. The number of imide groups is 1. The SMILES string of the molecule is O=C(Cc1ccccc1F)NCCN1C(=O)c2ccc(Cl)cc2C1=O. The van der Waals surface area contributed by atoms with E-state index in [1.54, 1.807) is 18.2 Å². The topological polar surface area (TPSA) is 66.5 Å². The number of carbonyl (C=O) groups excluding carboxylic acids is 3. The second-order valence-electron chi connectivity index (χ2n) is 5.57. The van der Waals surface area contributed by atoms with Crippen molar-refractivity contribution in [3.63, 3.8) is 0 Å². The first-order chi connectivity index (χ1) is 12.0. The van der Waals surface area contributed by atoms with Gasteiger partial charge in [0, 0.05) is 18.1 Å². The van der Waals surface area contributed by atoms with Crippen LogP contribution in [0, 0.1) is 5.82 Å². The van der Waals surface area contributed by atoms with E-state index in [4.69, 9.17) is 11.6 Å². The number of nitrogens with zero attached hydrogens (tertiary/aromatic N) is 1. The average molecular weight is 361 g/mol. The van der Waals surface area contributed by atoms with E-state index in [9.17, 15) is 18.8 Å². The molecular formula is C18H14ClFN2O3. The summed E-state index contributed by atoms with van der Waals surface area (Å²) in [4.78, 5) is 37.4. The highest BCUT2D eigenvalue weighted by atomic mass is 35.5. The molecule has 2 aromatic carbocycles. The van der Waals surface area contributed by atoms with E-state index in [0.717, 1.165) is 4.90 Å². The Bertz CT molecular complexity index is 869. The first-order valence-electron chi connectivity index (χ1n) is 7.63. The molecule has 3 amide bonds. The van der Waals surface area contributed by atoms with Crippen molar-refractivity contribution in [1.29, 1.82) is 0 Å². The van der Waals surface area contributed by atoms with E-state index in [1.807, 2.05) is 0 Å². The van der Waals surface area contributed by atoms with Crippen molar-refractivity contribution >= 4 is 29.3 Å². The lowest BCUT2D eigenvalue weighted by atomic mass is 10.1. The van der Waals surface area contributed by atoms with E-state index < -0.39 is 17.6 Å². The number of hydrogen-bond acceptors (Lipinski definition) is 3. The molecule has 1 heterocycles. The smallest absolute Gasteiger partial charge is 0.261 e. The van der Waals surface area contributed by atoms with E-state index >= 15 is 0 Å². The van der Waals surface area contributed by atoms with Crippen molar-refractivity contribution in [3.8, 4) is 0 Å². The van der Waals surface area contributed by atoms with Gasteiger partial charge in [-0.25, -0.2) is 4.39 Å². The van der Waals surface area contributed by atoms with Gasteiger partial charge in [0.05, 0.1) is 17.5 Å². The van der Waals surface area contributed by atoms with E-state index in [1.165, 1.54) is 24.3 Å². The van der Waals surface area contributed by atoms with E-state index in [2.05, 4.69) is 5.32 Å². The largest absolute Gasteiger partial charge is 0.354 e. The van der Waals surface area contributed by atoms with Crippen LogP contribution < -0.4 is 5.32 Å². The Kier molecular flexibility index (Phi) is 4.81. The van der Waals surface area contributed by atoms with Gasteiger partial charge in [0.25, 0.3) is 11.8 Å². The molecule has 7 heteroatoms. The minimum absolute atomic E-state index is 0.0347. The normalized spacial score (nSPS) is 13.1.